The van der Waals surface area contributed by atoms with Crippen molar-refractivity contribution in [3.63, 3.8) is 0 Å². The lowest BCUT2D eigenvalue weighted by Gasteiger charge is -2.27. The summed E-state index contributed by atoms with van der Waals surface area (Å²) >= 11 is 3.51. The van der Waals surface area contributed by atoms with E-state index in [9.17, 15) is 9.90 Å². The summed E-state index contributed by atoms with van der Waals surface area (Å²) in [5.41, 5.74) is 2.29. The maximum atomic E-state index is 11.5. The van der Waals surface area contributed by atoms with Crippen LogP contribution in [0.5, 0.6) is 0 Å². The minimum atomic E-state index is -1.07. The molecule has 0 spiro atoms. The Balaban J connectivity index is 1.95. The van der Waals surface area contributed by atoms with Crippen molar-refractivity contribution >= 4 is 33.2 Å². The molecular weight excluding hydrogens is 312 g/mol. The number of nitrogens with one attached hydrogen (secondary N) is 1. The van der Waals surface area contributed by atoms with Gasteiger partial charge in [0.1, 0.15) is 0 Å². The van der Waals surface area contributed by atoms with Crippen LogP contribution in [0.15, 0.2) is 16.6 Å². The van der Waals surface area contributed by atoms with Crippen molar-refractivity contribution < 1.29 is 14.6 Å². The normalized spacial score (nSPS) is 25.3. The number of fused-ring (bicyclic) bond motifs is 1. The van der Waals surface area contributed by atoms with Gasteiger partial charge in [-0.15, -0.1) is 0 Å². The first-order valence-corrected chi connectivity index (χ1v) is 7.00. The Bertz CT molecular complexity index is 529. The summed E-state index contributed by atoms with van der Waals surface area (Å²) in [4.78, 5) is 13.6. The fourth-order valence-corrected chi connectivity index (χ4v) is 3.19. The van der Waals surface area contributed by atoms with E-state index in [1.807, 2.05) is 13.1 Å². The summed E-state index contributed by atoms with van der Waals surface area (Å²) in [6, 6.07) is 4.04. The largest absolute Gasteiger partial charge is 0.379 e. The highest BCUT2D eigenvalue weighted by Crippen LogP contribution is 2.39. The zero-order chi connectivity index (χ0) is 13.6. The van der Waals surface area contributed by atoms with Gasteiger partial charge < -0.3 is 20.1 Å². The maximum Gasteiger partial charge on any atom is 0.257 e. The highest BCUT2D eigenvalue weighted by atomic mass is 79.9. The first-order valence-electron chi connectivity index (χ1n) is 6.21. The lowest BCUT2D eigenvalue weighted by atomic mass is 10.1. The second-order valence-corrected chi connectivity index (χ2v) is 5.77. The summed E-state index contributed by atoms with van der Waals surface area (Å²) in [5.74, 6) is -0.370. The molecule has 2 aliphatic heterocycles. The lowest BCUT2D eigenvalue weighted by Crippen LogP contribution is -2.32. The van der Waals surface area contributed by atoms with E-state index in [2.05, 4.69) is 26.1 Å². The quantitative estimate of drug-likeness (QED) is 0.867. The Morgan fingerprint density at radius 1 is 1.53 bits per heavy atom. The Labute approximate surface area is 119 Å². The van der Waals surface area contributed by atoms with E-state index in [1.54, 1.807) is 6.07 Å². The molecule has 0 saturated carbocycles. The number of anilines is 2. The van der Waals surface area contributed by atoms with Crippen LogP contribution in [-0.4, -0.2) is 37.3 Å². The number of nitrogens with zero attached hydrogens (tertiary/aromatic N) is 1. The number of rotatable bonds is 2. The fourth-order valence-electron chi connectivity index (χ4n) is 2.55. The summed E-state index contributed by atoms with van der Waals surface area (Å²) in [6.07, 6.45) is -0.0740. The number of halogens is 1. The summed E-state index contributed by atoms with van der Waals surface area (Å²) < 4.78 is 6.27. The highest BCUT2D eigenvalue weighted by molar-refractivity contribution is 9.10. The van der Waals surface area contributed by atoms with Crippen LogP contribution in [0.2, 0.25) is 0 Å². The second-order valence-electron chi connectivity index (χ2n) is 4.91. The Morgan fingerprint density at radius 3 is 3.00 bits per heavy atom. The summed E-state index contributed by atoms with van der Waals surface area (Å²) in [7, 11) is 2.01. The van der Waals surface area contributed by atoms with Gasteiger partial charge >= 0.3 is 0 Å². The van der Waals surface area contributed by atoms with Gasteiger partial charge in [0.15, 0.2) is 6.10 Å². The molecule has 1 fully saturated rings. The smallest absolute Gasteiger partial charge is 0.257 e. The van der Waals surface area contributed by atoms with E-state index in [0.29, 0.717) is 17.3 Å². The molecule has 1 saturated heterocycles. The van der Waals surface area contributed by atoms with Crippen molar-refractivity contribution in [3.8, 4) is 0 Å². The molecular formula is C13H15BrN2O3. The van der Waals surface area contributed by atoms with Crippen molar-refractivity contribution in [2.45, 2.75) is 18.6 Å². The molecule has 1 aromatic carbocycles. The Hall–Kier alpha value is -1.11. The predicted molar refractivity (Wildman–Crippen MR) is 75.4 cm³/mol. The Morgan fingerprint density at radius 2 is 2.32 bits per heavy atom. The van der Waals surface area contributed by atoms with Crippen LogP contribution >= 0.6 is 15.9 Å². The van der Waals surface area contributed by atoms with E-state index in [4.69, 9.17) is 4.74 Å². The number of carbonyl (C=O) groups excluding carboxylic acids is 1. The Kier molecular flexibility index (Phi) is 3.24. The van der Waals surface area contributed by atoms with Crippen LogP contribution in [-0.2, 0) is 9.53 Å². The third-order valence-electron chi connectivity index (χ3n) is 3.75. The summed E-state index contributed by atoms with van der Waals surface area (Å²) in [5, 5.41) is 12.4. The molecule has 2 N–H and O–H groups in total. The number of aliphatic hydroxyl groups excluding tert-OH is 1. The minimum absolute atomic E-state index is 0.344. The van der Waals surface area contributed by atoms with Gasteiger partial charge in [-0.3, -0.25) is 4.79 Å². The molecule has 19 heavy (non-hydrogen) atoms. The average Bonchev–Trinajstić information content (AvgIpc) is 3.00. The molecule has 2 heterocycles. The van der Waals surface area contributed by atoms with E-state index in [-0.39, 0.29) is 5.91 Å². The number of hydrogen-bond donors (Lipinski definition) is 2. The van der Waals surface area contributed by atoms with Crippen molar-refractivity contribution in [3.05, 3.63) is 22.2 Å². The molecule has 3 rings (SSSR count). The van der Waals surface area contributed by atoms with Crippen LogP contribution in [0.3, 0.4) is 0 Å². The second kappa shape index (κ2) is 4.77. The van der Waals surface area contributed by atoms with E-state index in [0.717, 1.165) is 29.8 Å². The molecule has 6 heteroatoms. The number of ether oxygens (including phenoxy) is 1. The first kappa shape index (κ1) is 12.9. The number of carbonyl (C=O) groups is 1. The molecule has 2 unspecified atom stereocenters. The number of aliphatic hydroxyl groups is 1. The number of likely N-dealkylation sites (N-methyl/N-ethyl adjacent to an activating group) is 1. The molecule has 2 atom stereocenters. The molecule has 0 bridgehead atoms. The van der Waals surface area contributed by atoms with Gasteiger partial charge in [-0.1, -0.05) is 0 Å². The molecule has 0 aliphatic carbocycles. The van der Waals surface area contributed by atoms with Crippen molar-refractivity contribution in [1.29, 1.82) is 0 Å². The molecule has 2 aliphatic rings. The van der Waals surface area contributed by atoms with Crippen LogP contribution in [0, 0.1) is 0 Å². The molecule has 0 radical (unpaired) electrons. The van der Waals surface area contributed by atoms with Crippen LogP contribution in [0.25, 0.3) is 0 Å². The lowest BCUT2D eigenvalue weighted by molar-refractivity contribution is -0.123. The van der Waals surface area contributed by atoms with Gasteiger partial charge in [0.2, 0.25) is 0 Å². The molecule has 5 nitrogen and oxygen atoms in total. The van der Waals surface area contributed by atoms with Crippen molar-refractivity contribution in [1.82, 2.24) is 0 Å². The van der Waals surface area contributed by atoms with Gasteiger partial charge in [0.05, 0.1) is 18.3 Å². The molecule has 0 aromatic heterocycles. The first-order chi connectivity index (χ1) is 9.08. The zero-order valence-electron chi connectivity index (χ0n) is 10.5. The molecule has 102 valence electrons. The van der Waals surface area contributed by atoms with Gasteiger partial charge in [0.25, 0.3) is 5.91 Å². The third-order valence-corrected chi connectivity index (χ3v) is 4.39. The average molecular weight is 327 g/mol. The molecule has 1 amide bonds. The van der Waals surface area contributed by atoms with Crippen LogP contribution < -0.4 is 10.2 Å². The van der Waals surface area contributed by atoms with Crippen LogP contribution in [0.1, 0.15) is 18.1 Å². The third kappa shape index (κ3) is 2.13. The number of hydrogen-bond acceptors (Lipinski definition) is 4. The van der Waals surface area contributed by atoms with E-state index in [1.165, 1.54) is 0 Å². The number of amides is 1. The topological polar surface area (TPSA) is 61.8 Å². The maximum absolute atomic E-state index is 11.5. The van der Waals surface area contributed by atoms with Gasteiger partial charge in [-0.05, 0) is 34.5 Å². The van der Waals surface area contributed by atoms with Crippen molar-refractivity contribution in [2.75, 3.05) is 30.5 Å². The summed E-state index contributed by atoms with van der Waals surface area (Å²) in [6.45, 7) is 1.50. The van der Waals surface area contributed by atoms with Gasteiger partial charge in [-0.25, -0.2) is 0 Å². The minimum Gasteiger partial charge on any atom is -0.379 e. The van der Waals surface area contributed by atoms with E-state index < -0.39 is 6.10 Å². The zero-order valence-corrected chi connectivity index (χ0v) is 12.1. The molecule has 1 aromatic rings. The SMILES string of the molecule is CN(c1cc2c(cc1Br)C(O)C(=O)N2)C1CCOC1. The number of benzene rings is 1. The standard InChI is InChI=1S/C13H15BrN2O3/c1-16(7-2-3-19-6-7)11-5-10-8(4-9(11)14)12(17)13(18)15-10/h4-5,7,12,17H,2-3,6H2,1H3,(H,15,18). The van der Waals surface area contributed by atoms with E-state index >= 15 is 0 Å². The van der Waals surface area contributed by atoms with Crippen molar-refractivity contribution in [2.24, 2.45) is 0 Å². The highest BCUT2D eigenvalue weighted by Gasteiger charge is 2.31. The predicted octanol–water partition coefficient (Wildman–Crippen LogP) is 1.66. The van der Waals surface area contributed by atoms with Gasteiger partial charge in [-0.2, -0.15) is 0 Å². The van der Waals surface area contributed by atoms with Gasteiger partial charge in [0, 0.05) is 29.4 Å². The fraction of sp³-hybridized carbons (Fsp3) is 0.462. The van der Waals surface area contributed by atoms with Crippen LogP contribution in [0.4, 0.5) is 11.4 Å². The monoisotopic (exact) mass is 326 g/mol.